The summed E-state index contributed by atoms with van der Waals surface area (Å²) < 4.78 is 18.1. The molecule has 4 rings (SSSR count). The van der Waals surface area contributed by atoms with Crippen molar-refractivity contribution < 1.29 is 19.0 Å². The summed E-state index contributed by atoms with van der Waals surface area (Å²) in [6, 6.07) is 9.53. The summed E-state index contributed by atoms with van der Waals surface area (Å²) in [5.41, 5.74) is 1.83. The number of methoxy groups -OCH3 is 1. The summed E-state index contributed by atoms with van der Waals surface area (Å²) >= 11 is 0. The standard InChI is InChI=1S/C18H19N5O4/c1-25-18(24)13-8-23(22-21-13)15-10-27-16-14(9-26-17(15)16)20-7-12-4-2-3-11(5-12)6-19/h2-5,8,14-17,20H,7,9-10H2,1H3. The van der Waals surface area contributed by atoms with Gasteiger partial charge in [-0.1, -0.05) is 17.3 Å². The Morgan fingerprint density at radius 2 is 2.26 bits per heavy atom. The monoisotopic (exact) mass is 369 g/mol. The molecule has 0 radical (unpaired) electrons. The van der Waals surface area contributed by atoms with Crippen molar-refractivity contribution in [1.82, 2.24) is 20.3 Å². The zero-order valence-electron chi connectivity index (χ0n) is 14.7. The molecule has 4 atom stereocenters. The van der Waals surface area contributed by atoms with Crippen molar-refractivity contribution in [2.24, 2.45) is 0 Å². The Labute approximate surface area is 155 Å². The molecule has 9 nitrogen and oxygen atoms in total. The van der Waals surface area contributed by atoms with E-state index in [0.717, 1.165) is 5.56 Å². The highest BCUT2D eigenvalue weighted by atomic mass is 16.6. The Morgan fingerprint density at radius 1 is 1.41 bits per heavy atom. The molecule has 2 aliphatic rings. The number of nitrogens with zero attached hydrogens (tertiary/aromatic N) is 4. The van der Waals surface area contributed by atoms with E-state index in [9.17, 15) is 4.79 Å². The molecule has 1 aromatic carbocycles. The molecule has 2 aromatic rings. The van der Waals surface area contributed by atoms with Crippen LogP contribution in [0.15, 0.2) is 30.5 Å². The van der Waals surface area contributed by atoms with Crippen LogP contribution in [-0.4, -0.2) is 59.5 Å². The van der Waals surface area contributed by atoms with Crippen LogP contribution in [-0.2, 0) is 20.8 Å². The average molecular weight is 369 g/mol. The molecule has 1 aromatic heterocycles. The van der Waals surface area contributed by atoms with Crippen molar-refractivity contribution in [2.45, 2.75) is 30.8 Å². The van der Waals surface area contributed by atoms with Crippen molar-refractivity contribution in [3.8, 4) is 6.07 Å². The summed E-state index contributed by atoms with van der Waals surface area (Å²) in [7, 11) is 1.30. The molecule has 3 heterocycles. The van der Waals surface area contributed by atoms with Crippen molar-refractivity contribution in [3.63, 3.8) is 0 Å². The average Bonchev–Trinajstić information content (AvgIpc) is 3.42. The number of esters is 1. The molecule has 1 N–H and O–H groups in total. The van der Waals surface area contributed by atoms with Gasteiger partial charge in [0.05, 0.1) is 44.2 Å². The van der Waals surface area contributed by atoms with Crippen LogP contribution < -0.4 is 5.32 Å². The first-order valence-electron chi connectivity index (χ1n) is 8.65. The van der Waals surface area contributed by atoms with Crippen LogP contribution in [0.25, 0.3) is 0 Å². The van der Waals surface area contributed by atoms with Crippen molar-refractivity contribution in [2.75, 3.05) is 20.3 Å². The SMILES string of the molecule is COC(=O)c1cn(C2COC3C(NCc4cccc(C#N)c4)COC32)nn1. The highest BCUT2D eigenvalue weighted by Crippen LogP contribution is 2.34. The fraction of sp³-hybridized carbons (Fsp3) is 0.444. The zero-order valence-corrected chi connectivity index (χ0v) is 14.7. The predicted molar refractivity (Wildman–Crippen MR) is 91.7 cm³/mol. The minimum atomic E-state index is -0.525. The number of hydrogen-bond donors (Lipinski definition) is 1. The molecule has 0 spiro atoms. The lowest BCUT2D eigenvalue weighted by molar-refractivity contribution is 0.0592. The molecule has 2 saturated heterocycles. The van der Waals surface area contributed by atoms with Gasteiger partial charge in [-0.3, -0.25) is 0 Å². The van der Waals surface area contributed by atoms with E-state index in [1.165, 1.54) is 7.11 Å². The first-order chi connectivity index (χ1) is 13.2. The van der Waals surface area contributed by atoms with Gasteiger partial charge in [0.25, 0.3) is 0 Å². The summed E-state index contributed by atoms with van der Waals surface area (Å²) in [5, 5.41) is 20.3. The third-order valence-corrected chi connectivity index (χ3v) is 4.90. The molecular weight excluding hydrogens is 350 g/mol. The van der Waals surface area contributed by atoms with Crippen LogP contribution in [0.5, 0.6) is 0 Å². The maximum atomic E-state index is 11.6. The molecule has 140 valence electrons. The van der Waals surface area contributed by atoms with E-state index in [1.807, 2.05) is 18.2 Å². The Hall–Kier alpha value is -2.80. The van der Waals surface area contributed by atoms with Gasteiger partial charge in [0, 0.05) is 6.54 Å². The number of aromatic nitrogens is 3. The molecule has 27 heavy (non-hydrogen) atoms. The number of rotatable bonds is 5. The second kappa shape index (κ2) is 7.44. The second-order valence-corrected chi connectivity index (χ2v) is 6.54. The van der Waals surface area contributed by atoms with Crippen LogP contribution in [0.2, 0.25) is 0 Å². The van der Waals surface area contributed by atoms with E-state index >= 15 is 0 Å². The van der Waals surface area contributed by atoms with E-state index in [-0.39, 0.29) is 30.0 Å². The van der Waals surface area contributed by atoms with Gasteiger partial charge in [-0.15, -0.1) is 5.10 Å². The lowest BCUT2D eigenvalue weighted by atomic mass is 10.1. The Bertz CT molecular complexity index is 877. The van der Waals surface area contributed by atoms with Crippen molar-refractivity contribution >= 4 is 5.97 Å². The van der Waals surface area contributed by atoms with Gasteiger partial charge < -0.3 is 19.5 Å². The molecular formula is C18H19N5O4. The highest BCUT2D eigenvalue weighted by molar-refractivity contribution is 5.86. The van der Waals surface area contributed by atoms with Crippen LogP contribution >= 0.6 is 0 Å². The van der Waals surface area contributed by atoms with E-state index in [1.54, 1.807) is 16.9 Å². The molecule has 2 aliphatic heterocycles. The summed E-state index contributed by atoms with van der Waals surface area (Å²) in [4.78, 5) is 11.6. The van der Waals surface area contributed by atoms with E-state index in [2.05, 4.69) is 26.4 Å². The molecule has 0 bridgehead atoms. The van der Waals surface area contributed by atoms with Gasteiger partial charge in [0.15, 0.2) is 5.69 Å². The van der Waals surface area contributed by atoms with E-state index in [4.69, 9.17) is 14.7 Å². The fourth-order valence-electron chi connectivity index (χ4n) is 3.52. The van der Waals surface area contributed by atoms with Gasteiger partial charge in [0.1, 0.15) is 18.2 Å². The smallest absolute Gasteiger partial charge is 0.360 e. The number of hydrogen-bond acceptors (Lipinski definition) is 8. The van der Waals surface area contributed by atoms with Crippen LogP contribution in [0.4, 0.5) is 0 Å². The fourth-order valence-corrected chi connectivity index (χ4v) is 3.52. The predicted octanol–water partition coefficient (Wildman–Crippen LogP) is 0.433. The Kier molecular flexibility index (Phi) is 4.85. The van der Waals surface area contributed by atoms with Crippen LogP contribution in [0, 0.1) is 11.3 Å². The lowest BCUT2D eigenvalue weighted by Crippen LogP contribution is -2.40. The second-order valence-electron chi connectivity index (χ2n) is 6.54. The molecule has 2 fully saturated rings. The highest BCUT2D eigenvalue weighted by Gasteiger charge is 2.48. The van der Waals surface area contributed by atoms with Crippen LogP contribution in [0.1, 0.15) is 27.7 Å². The van der Waals surface area contributed by atoms with Gasteiger partial charge in [-0.05, 0) is 17.7 Å². The van der Waals surface area contributed by atoms with E-state index in [0.29, 0.717) is 25.3 Å². The molecule has 0 saturated carbocycles. The number of benzene rings is 1. The number of nitrogens with one attached hydrogen (secondary N) is 1. The largest absolute Gasteiger partial charge is 0.464 e. The lowest BCUT2D eigenvalue weighted by Gasteiger charge is -2.18. The van der Waals surface area contributed by atoms with Crippen molar-refractivity contribution in [3.05, 3.63) is 47.3 Å². The van der Waals surface area contributed by atoms with E-state index < -0.39 is 5.97 Å². The molecule has 9 heteroatoms. The molecule has 0 amide bonds. The number of fused-ring (bicyclic) bond motifs is 1. The van der Waals surface area contributed by atoms with Crippen LogP contribution in [0.3, 0.4) is 0 Å². The van der Waals surface area contributed by atoms with Gasteiger partial charge in [-0.25, -0.2) is 9.48 Å². The summed E-state index contributed by atoms with van der Waals surface area (Å²) in [6.45, 7) is 1.57. The topological polar surface area (TPSA) is 111 Å². The Morgan fingerprint density at radius 3 is 3.07 bits per heavy atom. The number of carbonyl (C=O) groups excluding carboxylic acids is 1. The minimum absolute atomic E-state index is 0.0364. The minimum Gasteiger partial charge on any atom is -0.464 e. The molecule has 0 aliphatic carbocycles. The first-order valence-corrected chi connectivity index (χ1v) is 8.65. The normalized spacial score (nSPS) is 26.5. The third-order valence-electron chi connectivity index (χ3n) is 4.90. The maximum Gasteiger partial charge on any atom is 0.360 e. The Balaban J connectivity index is 1.39. The summed E-state index contributed by atoms with van der Waals surface area (Å²) in [6.07, 6.45) is 1.28. The quantitative estimate of drug-likeness (QED) is 0.756. The van der Waals surface area contributed by atoms with Gasteiger partial charge in [0.2, 0.25) is 0 Å². The number of nitriles is 1. The number of ether oxygens (including phenoxy) is 3. The zero-order chi connectivity index (χ0) is 18.8. The molecule has 4 unspecified atom stereocenters. The van der Waals surface area contributed by atoms with Crippen molar-refractivity contribution in [1.29, 1.82) is 5.26 Å². The first kappa shape index (κ1) is 17.6. The third kappa shape index (κ3) is 3.42. The summed E-state index contributed by atoms with van der Waals surface area (Å²) in [5.74, 6) is -0.525. The van der Waals surface area contributed by atoms with Gasteiger partial charge in [-0.2, -0.15) is 5.26 Å². The number of carbonyl (C=O) groups is 1. The maximum absolute atomic E-state index is 11.6. The van der Waals surface area contributed by atoms with Gasteiger partial charge >= 0.3 is 5.97 Å².